The number of carbonyl (C=O) groups is 1. The average Bonchev–Trinajstić information content (AvgIpc) is 3.08. The quantitative estimate of drug-likeness (QED) is 0.340. The lowest BCUT2D eigenvalue weighted by Crippen LogP contribution is -2.51. The summed E-state index contributed by atoms with van der Waals surface area (Å²) in [5, 5.41) is 6.91. The van der Waals surface area contributed by atoms with Crippen molar-refractivity contribution in [3.8, 4) is 0 Å². The van der Waals surface area contributed by atoms with Gasteiger partial charge in [0.15, 0.2) is 5.96 Å². The lowest BCUT2D eigenvalue weighted by molar-refractivity contribution is -0.129. The fourth-order valence-corrected chi connectivity index (χ4v) is 3.95. The van der Waals surface area contributed by atoms with Crippen LogP contribution in [0.3, 0.4) is 0 Å². The zero-order valence-corrected chi connectivity index (χ0v) is 20.2. The molecule has 2 rings (SSSR count). The van der Waals surface area contributed by atoms with Crippen LogP contribution in [-0.2, 0) is 4.79 Å². The van der Waals surface area contributed by atoms with E-state index in [1.54, 1.807) is 0 Å². The Bertz CT molecular complexity index is 497. The summed E-state index contributed by atoms with van der Waals surface area (Å²) in [6, 6.07) is 0.293. The number of amides is 1. The maximum absolute atomic E-state index is 11.9. The monoisotopic (exact) mass is 493 g/mol. The summed E-state index contributed by atoms with van der Waals surface area (Å²) in [6.45, 7) is 16.6. The first-order chi connectivity index (χ1) is 12.4. The Labute approximate surface area is 182 Å². The van der Waals surface area contributed by atoms with E-state index in [4.69, 9.17) is 4.99 Å². The number of rotatable bonds is 6. The molecule has 0 saturated carbocycles. The summed E-state index contributed by atoms with van der Waals surface area (Å²) < 4.78 is 0. The Morgan fingerprint density at radius 1 is 1.19 bits per heavy atom. The predicted octanol–water partition coefficient (Wildman–Crippen LogP) is 2.68. The zero-order chi connectivity index (χ0) is 19.2. The van der Waals surface area contributed by atoms with E-state index in [1.165, 1.54) is 25.9 Å². The first-order valence-electron chi connectivity index (χ1n) is 10.4. The van der Waals surface area contributed by atoms with Gasteiger partial charge in [-0.25, -0.2) is 0 Å². The highest BCUT2D eigenvalue weighted by molar-refractivity contribution is 14.0. The second-order valence-electron chi connectivity index (χ2n) is 8.52. The highest BCUT2D eigenvalue weighted by Gasteiger charge is 2.30. The molecule has 158 valence electrons. The largest absolute Gasteiger partial charge is 0.357 e. The molecular formula is C20H40IN5O. The van der Waals surface area contributed by atoms with Gasteiger partial charge in [-0.2, -0.15) is 0 Å². The van der Waals surface area contributed by atoms with Gasteiger partial charge >= 0.3 is 0 Å². The van der Waals surface area contributed by atoms with E-state index >= 15 is 0 Å². The molecule has 0 aliphatic carbocycles. The summed E-state index contributed by atoms with van der Waals surface area (Å²) >= 11 is 0. The molecule has 0 aromatic carbocycles. The van der Waals surface area contributed by atoms with E-state index in [0.717, 1.165) is 44.5 Å². The van der Waals surface area contributed by atoms with Crippen LogP contribution in [0.5, 0.6) is 0 Å². The fraction of sp³-hybridized carbons (Fsp3) is 0.900. The van der Waals surface area contributed by atoms with Crippen molar-refractivity contribution in [1.29, 1.82) is 0 Å². The van der Waals surface area contributed by atoms with Gasteiger partial charge in [0.1, 0.15) is 0 Å². The van der Waals surface area contributed by atoms with Gasteiger partial charge in [0.2, 0.25) is 5.91 Å². The molecule has 2 aliphatic heterocycles. The summed E-state index contributed by atoms with van der Waals surface area (Å²) in [7, 11) is 0. The molecule has 2 saturated heterocycles. The molecule has 2 aliphatic rings. The van der Waals surface area contributed by atoms with Gasteiger partial charge in [-0.15, -0.1) is 24.0 Å². The Kier molecular flexibility index (Phi) is 10.4. The molecule has 2 unspecified atom stereocenters. The SMILES string of the molecule is CCNC(=NCC(C)(C)N1CCCC(C)C1)NC1CCN(C(=O)CC)C1.I. The van der Waals surface area contributed by atoms with Crippen molar-refractivity contribution >= 4 is 35.8 Å². The third kappa shape index (κ3) is 7.40. The van der Waals surface area contributed by atoms with Crippen molar-refractivity contribution in [3.05, 3.63) is 0 Å². The average molecular weight is 493 g/mol. The molecule has 7 heteroatoms. The van der Waals surface area contributed by atoms with E-state index in [-0.39, 0.29) is 35.4 Å². The number of hydrogen-bond acceptors (Lipinski definition) is 3. The third-order valence-corrected chi connectivity index (χ3v) is 5.67. The maximum atomic E-state index is 11.9. The first kappa shape index (κ1) is 24.5. The van der Waals surface area contributed by atoms with Crippen LogP contribution in [0, 0.1) is 5.92 Å². The van der Waals surface area contributed by atoms with Gasteiger partial charge < -0.3 is 15.5 Å². The number of carbonyl (C=O) groups excluding carboxylic acids is 1. The van der Waals surface area contributed by atoms with Crippen LogP contribution in [0.2, 0.25) is 0 Å². The van der Waals surface area contributed by atoms with Crippen molar-refractivity contribution in [1.82, 2.24) is 20.4 Å². The standard InChI is InChI=1S/C20H39N5O.HI/c1-6-18(26)24-12-10-17(14-24)23-19(21-7-2)22-15-20(4,5)25-11-8-9-16(3)13-25;/h16-17H,6-15H2,1-5H3,(H2,21,22,23);1H. The van der Waals surface area contributed by atoms with E-state index in [0.29, 0.717) is 12.5 Å². The Balaban J connectivity index is 0.00000364. The summed E-state index contributed by atoms with van der Waals surface area (Å²) in [4.78, 5) is 21.3. The number of likely N-dealkylation sites (tertiary alicyclic amines) is 2. The Morgan fingerprint density at radius 3 is 2.56 bits per heavy atom. The molecule has 0 aromatic heterocycles. The fourth-order valence-electron chi connectivity index (χ4n) is 3.95. The van der Waals surface area contributed by atoms with Gasteiger partial charge in [0.05, 0.1) is 6.54 Å². The van der Waals surface area contributed by atoms with Crippen molar-refractivity contribution < 1.29 is 4.79 Å². The number of nitrogens with one attached hydrogen (secondary N) is 2. The van der Waals surface area contributed by atoms with Gasteiger partial charge in [-0.3, -0.25) is 14.7 Å². The minimum Gasteiger partial charge on any atom is -0.357 e. The van der Waals surface area contributed by atoms with Gasteiger partial charge in [0.25, 0.3) is 0 Å². The molecule has 0 aromatic rings. The Morgan fingerprint density at radius 2 is 1.93 bits per heavy atom. The number of halogens is 1. The molecule has 2 N–H and O–H groups in total. The number of piperidine rings is 1. The topological polar surface area (TPSA) is 60.0 Å². The van der Waals surface area contributed by atoms with Crippen LogP contribution in [0.1, 0.15) is 60.3 Å². The molecular weight excluding hydrogens is 453 g/mol. The molecule has 1 amide bonds. The minimum absolute atomic E-state index is 0. The van der Waals surface area contributed by atoms with Crippen LogP contribution in [0.4, 0.5) is 0 Å². The van der Waals surface area contributed by atoms with Crippen molar-refractivity contribution in [3.63, 3.8) is 0 Å². The summed E-state index contributed by atoms with van der Waals surface area (Å²) in [6.07, 6.45) is 4.21. The van der Waals surface area contributed by atoms with Crippen LogP contribution in [-0.4, -0.2) is 72.5 Å². The molecule has 2 fully saturated rings. The maximum Gasteiger partial charge on any atom is 0.222 e. The van der Waals surface area contributed by atoms with Crippen molar-refractivity contribution in [2.24, 2.45) is 10.9 Å². The highest BCUT2D eigenvalue weighted by Crippen LogP contribution is 2.24. The van der Waals surface area contributed by atoms with Crippen LogP contribution in [0.15, 0.2) is 4.99 Å². The molecule has 0 radical (unpaired) electrons. The molecule has 27 heavy (non-hydrogen) atoms. The number of guanidine groups is 1. The zero-order valence-electron chi connectivity index (χ0n) is 17.9. The van der Waals surface area contributed by atoms with Gasteiger partial charge in [-0.05, 0) is 52.5 Å². The van der Waals surface area contributed by atoms with E-state index in [2.05, 4.69) is 43.2 Å². The second kappa shape index (κ2) is 11.4. The molecule has 0 spiro atoms. The number of nitrogens with zero attached hydrogens (tertiary/aromatic N) is 3. The van der Waals surface area contributed by atoms with Crippen LogP contribution >= 0.6 is 24.0 Å². The third-order valence-electron chi connectivity index (χ3n) is 5.67. The minimum atomic E-state index is 0. The predicted molar refractivity (Wildman–Crippen MR) is 124 cm³/mol. The lowest BCUT2D eigenvalue weighted by atomic mass is 9.94. The smallest absolute Gasteiger partial charge is 0.222 e. The summed E-state index contributed by atoms with van der Waals surface area (Å²) in [5.74, 6) is 1.90. The Hall–Kier alpha value is -0.570. The molecule has 2 heterocycles. The van der Waals surface area contributed by atoms with Gasteiger partial charge in [-0.1, -0.05) is 13.8 Å². The van der Waals surface area contributed by atoms with Crippen LogP contribution < -0.4 is 10.6 Å². The van der Waals surface area contributed by atoms with Gasteiger partial charge in [0, 0.05) is 44.2 Å². The molecule has 6 nitrogen and oxygen atoms in total. The van der Waals surface area contributed by atoms with Crippen LogP contribution in [0.25, 0.3) is 0 Å². The second-order valence-corrected chi connectivity index (χ2v) is 8.52. The first-order valence-corrected chi connectivity index (χ1v) is 10.4. The molecule has 0 bridgehead atoms. The van der Waals surface area contributed by atoms with Crippen molar-refractivity contribution in [2.75, 3.05) is 39.3 Å². The number of aliphatic imine (C=N–C) groups is 1. The number of hydrogen-bond donors (Lipinski definition) is 2. The van der Waals surface area contributed by atoms with Crippen molar-refractivity contribution in [2.45, 2.75) is 71.9 Å². The normalized spacial score (nSPS) is 24.5. The lowest BCUT2D eigenvalue weighted by Gasteiger charge is -2.42. The highest BCUT2D eigenvalue weighted by atomic mass is 127. The van der Waals surface area contributed by atoms with E-state index < -0.39 is 0 Å². The molecule has 2 atom stereocenters. The van der Waals surface area contributed by atoms with E-state index in [9.17, 15) is 4.79 Å². The summed E-state index contributed by atoms with van der Waals surface area (Å²) in [5.41, 5.74) is 0.0664. The van der Waals surface area contributed by atoms with E-state index in [1.807, 2.05) is 11.8 Å².